The number of aromatic nitrogens is 3. The van der Waals surface area contributed by atoms with Gasteiger partial charge < -0.3 is 10.2 Å². The highest BCUT2D eigenvalue weighted by Crippen LogP contribution is 2.25. The van der Waals surface area contributed by atoms with E-state index in [2.05, 4.69) is 27.1 Å². The fourth-order valence-electron chi connectivity index (χ4n) is 3.24. The van der Waals surface area contributed by atoms with Crippen molar-refractivity contribution in [2.75, 3.05) is 18.4 Å². The molecule has 3 heterocycles. The smallest absolute Gasteiger partial charge is 0.321 e. The number of aryl methyl sites for hydroxylation is 1. The lowest BCUT2D eigenvalue weighted by Crippen LogP contribution is -2.41. The van der Waals surface area contributed by atoms with E-state index in [1.807, 2.05) is 52.3 Å². The molecule has 0 aliphatic carbocycles. The molecule has 2 aromatic heterocycles. The van der Waals surface area contributed by atoms with E-state index in [9.17, 15) is 4.79 Å². The molecule has 0 saturated carbocycles. The third-order valence-electron chi connectivity index (χ3n) is 4.84. The minimum atomic E-state index is -0.0321. The van der Waals surface area contributed by atoms with Crippen molar-refractivity contribution in [1.82, 2.24) is 19.9 Å². The molecule has 4 rings (SSSR count). The minimum Gasteiger partial charge on any atom is -0.324 e. The normalized spacial score (nSPS) is 15.2. The average Bonchev–Trinajstić information content (AvgIpc) is 3.35. The zero-order chi connectivity index (χ0) is 17.9. The summed E-state index contributed by atoms with van der Waals surface area (Å²) in [6, 6.07) is 10.1. The van der Waals surface area contributed by atoms with E-state index in [1.54, 1.807) is 11.3 Å². The van der Waals surface area contributed by atoms with Crippen LogP contribution < -0.4 is 5.32 Å². The molecule has 0 atom stereocenters. The molecule has 0 spiro atoms. The maximum atomic E-state index is 12.5. The van der Waals surface area contributed by atoms with Crippen molar-refractivity contribution in [3.05, 3.63) is 52.9 Å². The third-order valence-corrected chi connectivity index (χ3v) is 5.52. The number of hydrogen-bond donors (Lipinski definition) is 1. The monoisotopic (exact) mass is 367 g/mol. The number of hydrogen-bond acceptors (Lipinski definition) is 4. The zero-order valence-electron chi connectivity index (χ0n) is 14.6. The Morgan fingerprint density at radius 2 is 2.04 bits per heavy atom. The molecule has 0 unspecified atom stereocenters. The summed E-state index contributed by atoms with van der Waals surface area (Å²) >= 11 is 1.66. The van der Waals surface area contributed by atoms with Crippen LogP contribution in [0, 0.1) is 6.92 Å². The number of nitrogens with zero attached hydrogens (tertiary/aromatic N) is 4. The van der Waals surface area contributed by atoms with Gasteiger partial charge in [-0.15, -0.1) is 5.10 Å². The topological polar surface area (TPSA) is 63.1 Å². The van der Waals surface area contributed by atoms with Crippen LogP contribution in [-0.4, -0.2) is 39.0 Å². The number of piperidine rings is 1. The van der Waals surface area contributed by atoms with Crippen LogP contribution in [0.2, 0.25) is 0 Å². The minimum absolute atomic E-state index is 0.0321. The lowest BCUT2D eigenvalue weighted by molar-refractivity contribution is 0.179. The van der Waals surface area contributed by atoms with Gasteiger partial charge in [-0.3, -0.25) is 0 Å². The average molecular weight is 367 g/mol. The van der Waals surface area contributed by atoms with Gasteiger partial charge in [-0.1, -0.05) is 23.4 Å². The number of amides is 2. The number of carbonyl (C=O) groups excluding carboxylic acids is 1. The lowest BCUT2D eigenvalue weighted by Gasteiger charge is -2.32. The number of thiophene rings is 1. The van der Waals surface area contributed by atoms with Crippen molar-refractivity contribution in [2.45, 2.75) is 25.8 Å². The fourth-order valence-corrected chi connectivity index (χ4v) is 3.89. The van der Waals surface area contributed by atoms with Gasteiger partial charge in [0.1, 0.15) is 5.69 Å². The van der Waals surface area contributed by atoms with Gasteiger partial charge in [0.25, 0.3) is 0 Å². The summed E-state index contributed by atoms with van der Waals surface area (Å²) in [6.45, 7) is 3.43. The van der Waals surface area contributed by atoms with Crippen LogP contribution in [0.4, 0.5) is 10.5 Å². The molecule has 1 N–H and O–H groups in total. The largest absolute Gasteiger partial charge is 0.324 e. The van der Waals surface area contributed by atoms with E-state index in [-0.39, 0.29) is 12.1 Å². The van der Waals surface area contributed by atoms with E-state index >= 15 is 0 Å². The SMILES string of the molecule is Cc1ccccc1NC(=O)N1CCC(n2cc(-c3ccsc3)nn2)CC1. The second kappa shape index (κ2) is 7.29. The number of rotatable bonds is 3. The van der Waals surface area contributed by atoms with Crippen molar-refractivity contribution in [3.63, 3.8) is 0 Å². The molecule has 0 radical (unpaired) electrons. The number of urea groups is 1. The molecule has 1 fully saturated rings. The van der Waals surface area contributed by atoms with E-state index in [4.69, 9.17) is 0 Å². The molecule has 3 aromatic rings. The van der Waals surface area contributed by atoms with Crippen LogP contribution in [0.5, 0.6) is 0 Å². The molecule has 6 nitrogen and oxygen atoms in total. The van der Waals surface area contributed by atoms with Crippen LogP contribution in [-0.2, 0) is 0 Å². The molecule has 134 valence electrons. The van der Waals surface area contributed by atoms with Crippen LogP contribution in [0.1, 0.15) is 24.4 Å². The van der Waals surface area contributed by atoms with Gasteiger partial charge in [-0.05, 0) is 42.8 Å². The molecule has 0 bridgehead atoms. The van der Waals surface area contributed by atoms with Gasteiger partial charge in [0.15, 0.2) is 0 Å². The Morgan fingerprint density at radius 3 is 2.77 bits per heavy atom. The highest BCUT2D eigenvalue weighted by Gasteiger charge is 2.25. The van der Waals surface area contributed by atoms with Crippen LogP contribution in [0.25, 0.3) is 11.3 Å². The Balaban J connectivity index is 1.35. The van der Waals surface area contributed by atoms with Crippen molar-refractivity contribution in [2.24, 2.45) is 0 Å². The molecule has 26 heavy (non-hydrogen) atoms. The van der Waals surface area contributed by atoms with Crippen LogP contribution in [0.3, 0.4) is 0 Å². The Kier molecular flexibility index (Phi) is 4.71. The maximum Gasteiger partial charge on any atom is 0.321 e. The van der Waals surface area contributed by atoms with Crippen molar-refractivity contribution in [1.29, 1.82) is 0 Å². The first kappa shape index (κ1) is 16.8. The number of anilines is 1. The molecule has 7 heteroatoms. The first-order chi connectivity index (χ1) is 12.7. The van der Waals surface area contributed by atoms with Crippen molar-refractivity contribution >= 4 is 23.1 Å². The van der Waals surface area contributed by atoms with Gasteiger partial charge in [0.2, 0.25) is 0 Å². The number of para-hydroxylation sites is 1. The van der Waals surface area contributed by atoms with Gasteiger partial charge in [-0.25, -0.2) is 9.48 Å². The maximum absolute atomic E-state index is 12.5. The summed E-state index contributed by atoms with van der Waals surface area (Å²) in [5.74, 6) is 0. The summed E-state index contributed by atoms with van der Waals surface area (Å²) in [6.07, 6.45) is 3.77. The second-order valence-corrected chi connectivity index (χ2v) is 7.34. The summed E-state index contributed by atoms with van der Waals surface area (Å²) in [7, 11) is 0. The molecule has 1 aliphatic heterocycles. The molecule has 2 amide bonds. The standard InChI is InChI=1S/C19H21N5OS/c1-14-4-2-3-5-17(14)20-19(25)23-9-6-16(7-10-23)24-12-18(21-22-24)15-8-11-26-13-15/h2-5,8,11-13,16H,6-7,9-10H2,1H3,(H,20,25). The highest BCUT2D eigenvalue weighted by atomic mass is 32.1. The number of carbonyl (C=O) groups is 1. The molecule has 1 saturated heterocycles. The summed E-state index contributed by atoms with van der Waals surface area (Å²) in [4.78, 5) is 14.4. The molecular weight excluding hydrogens is 346 g/mol. The molecular formula is C19H21N5OS. The first-order valence-electron chi connectivity index (χ1n) is 8.76. The Bertz CT molecular complexity index is 881. The molecule has 1 aliphatic rings. The van der Waals surface area contributed by atoms with E-state index < -0.39 is 0 Å². The number of benzene rings is 1. The summed E-state index contributed by atoms with van der Waals surface area (Å²) in [5, 5.41) is 15.7. The van der Waals surface area contributed by atoms with Gasteiger partial charge in [-0.2, -0.15) is 11.3 Å². The third kappa shape index (κ3) is 3.48. The zero-order valence-corrected chi connectivity index (χ0v) is 15.4. The molecule has 1 aromatic carbocycles. The van der Waals surface area contributed by atoms with Crippen molar-refractivity contribution in [3.8, 4) is 11.3 Å². The lowest BCUT2D eigenvalue weighted by atomic mass is 10.1. The Morgan fingerprint density at radius 1 is 1.23 bits per heavy atom. The van der Waals surface area contributed by atoms with E-state index in [1.165, 1.54) is 0 Å². The quantitative estimate of drug-likeness (QED) is 0.755. The first-order valence-corrected chi connectivity index (χ1v) is 9.71. The van der Waals surface area contributed by atoms with Crippen LogP contribution >= 0.6 is 11.3 Å². The van der Waals surface area contributed by atoms with Crippen molar-refractivity contribution < 1.29 is 4.79 Å². The number of likely N-dealkylation sites (tertiary alicyclic amines) is 1. The predicted octanol–water partition coefficient (Wildman–Crippen LogP) is 4.18. The van der Waals surface area contributed by atoms with Gasteiger partial charge in [0.05, 0.1) is 12.2 Å². The Labute approximate surface area is 156 Å². The Hall–Kier alpha value is -2.67. The fraction of sp³-hybridized carbons (Fsp3) is 0.316. The predicted molar refractivity (Wildman–Crippen MR) is 103 cm³/mol. The number of nitrogens with one attached hydrogen (secondary N) is 1. The summed E-state index contributed by atoms with van der Waals surface area (Å²) in [5.41, 5.74) is 3.96. The second-order valence-electron chi connectivity index (χ2n) is 6.56. The van der Waals surface area contributed by atoms with E-state index in [0.29, 0.717) is 0 Å². The van der Waals surface area contributed by atoms with Gasteiger partial charge in [0, 0.05) is 29.7 Å². The van der Waals surface area contributed by atoms with E-state index in [0.717, 1.165) is 48.4 Å². The highest BCUT2D eigenvalue weighted by molar-refractivity contribution is 7.08. The van der Waals surface area contributed by atoms with Crippen LogP contribution in [0.15, 0.2) is 47.3 Å². The summed E-state index contributed by atoms with van der Waals surface area (Å²) < 4.78 is 1.95. The van der Waals surface area contributed by atoms with Gasteiger partial charge >= 0.3 is 6.03 Å².